The van der Waals surface area contributed by atoms with Crippen LogP contribution in [0.2, 0.25) is 0 Å². The van der Waals surface area contributed by atoms with Crippen molar-refractivity contribution in [3.8, 4) is 0 Å². The second-order valence-corrected chi connectivity index (χ2v) is 5.38. The molecule has 1 unspecified atom stereocenters. The highest BCUT2D eigenvalue weighted by molar-refractivity contribution is 5.16. The SMILES string of the molecule is NC1CCN(Cc2ccccc2)C2(COC2)C1. The van der Waals surface area contributed by atoms with Gasteiger partial charge in [-0.15, -0.1) is 0 Å². The van der Waals surface area contributed by atoms with Crippen LogP contribution in [0.3, 0.4) is 0 Å². The zero-order valence-electron chi connectivity index (χ0n) is 10.1. The molecule has 2 saturated heterocycles. The van der Waals surface area contributed by atoms with Crippen molar-refractivity contribution in [2.24, 2.45) is 5.73 Å². The summed E-state index contributed by atoms with van der Waals surface area (Å²) in [6.45, 7) is 3.83. The second-order valence-electron chi connectivity index (χ2n) is 5.38. The number of ether oxygens (including phenoxy) is 1. The van der Waals surface area contributed by atoms with Crippen molar-refractivity contribution in [3.63, 3.8) is 0 Å². The molecule has 0 amide bonds. The number of benzene rings is 1. The Hall–Kier alpha value is -0.900. The van der Waals surface area contributed by atoms with Gasteiger partial charge < -0.3 is 10.5 Å². The Morgan fingerprint density at radius 1 is 1.29 bits per heavy atom. The number of hydrogen-bond acceptors (Lipinski definition) is 3. The number of nitrogens with zero attached hydrogens (tertiary/aromatic N) is 1. The van der Waals surface area contributed by atoms with Crippen LogP contribution in [0.1, 0.15) is 18.4 Å². The molecule has 0 saturated carbocycles. The van der Waals surface area contributed by atoms with Crippen LogP contribution < -0.4 is 5.73 Å². The fourth-order valence-corrected chi connectivity index (χ4v) is 2.97. The molecule has 0 aromatic heterocycles. The predicted octanol–water partition coefficient (Wildman–Crippen LogP) is 1.38. The molecule has 1 atom stereocenters. The Bertz CT molecular complexity index is 375. The zero-order chi connectivity index (χ0) is 11.7. The highest BCUT2D eigenvalue weighted by Gasteiger charge is 2.47. The molecule has 0 radical (unpaired) electrons. The van der Waals surface area contributed by atoms with Crippen LogP contribution in [-0.2, 0) is 11.3 Å². The molecular formula is C14H20N2O. The molecule has 1 aromatic carbocycles. The molecule has 2 heterocycles. The molecule has 17 heavy (non-hydrogen) atoms. The molecule has 3 rings (SSSR count). The van der Waals surface area contributed by atoms with E-state index in [0.717, 1.165) is 39.1 Å². The van der Waals surface area contributed by atoms with Crippen molar-refractivity contribution >= 4 is 0 Å². The van der Waals surface area contributed by atoms with E-state index in [-0.39, 0.29) is 5.54 Å². The Balaban J connectivity index is 1.73. The van der Waals surface area contributed by atoms with Crippen LogP contribution in [0.4, 0.5) is 0 Å². The summed E-state index contributed by atoms with van der Waals surface area (Å²) in [4.78, 5) is 2.56. The molecule has 2 N–H and O–H groups in total. The van der Waals surface area contributed by atoms with E-state index in [2.05, 4.69) is 35.2 Å². The summed E-state index contributed by atoms with van der Waals surface area (Å²) in [5, 5.41) is 0. The van der Waals surface area contributed by atoms with Crippen LogP contribution in [0.5, 0.6) is 0 Å². The molecule has 2 aliphatic rings. The summed E-state index contributed by atoms with van der Waals surface area (Å²) < 4.78 is 5.43. The van der Waals surface area contributed by atoms with E-state index >= 15 is 0 Å². The topological polar surface area (TPSA) is 38.5 Å². The number of hydrogen-bond donors (Lipinski definition) is 1. The van der Waals surface area contributed by atoms with Crippen LogP contribution >= 0.6 is 0 Å². The van der Waals surface area contributed by atoms with Gasteiger partial charge in [-0.1, -0.05) is 30.3 Å². The fourth-order valence-electron chi connectivity index (χ4n) is 2.97. The molecule has 3 heteroatoms. The number of likely N-dealkylation sites (tertiary alicyclic amines) is 1. The van der Waals surface area contributed by atoms with Crippen molar-refractivity contribution in [2.75, 3.05) is 19.8 Å². The smallest absolute Gasteiger partial charge is 0.0696 e. The van der Waals surface area contributed by atoms with Gasteiger partial charge in [0.05, 0.1) is 18.8 Å². The number of rotatable bonds is 2. The van der Waals surface area contributed by atoms with Crippen molar-refractivity contribution in [1.29, 1.82) is 0 Å². The minimum Gasteiger partial charge on any atom is -0.377 e. The molecule has 0 aliphatic carbocycles. The highest BCUT2D eigenvalue weighted by Crippen LogP contribution is 2.35. The third-order valence-corrected chi connectivity index (χ3v) is 4.04. The van der Waals surface area contributed by atoms with Gasteiger partial charge in [0.2, 0.25) is 0 Å². The normalized spacial score (nSPS) is 27.9. The van der Waals surface area contributed by atoms with E-state index in [1.807, 2.05) is 0 Å². The van der Waals surface area contributed by atoms with Crippen LogP contribution in [0.25, 0.3) is 0 Å². The fraction of sp³-hybridized carbons (Fsp3) is 0.571. The van der Waals surface area contributed by atoms with Gasteiger partial charge in [-0.05, 0) is 18.4 Å². The standard InChI is InChI=1S/C14H20N2O/c15-13-6-7-16(14(8-13)10-17-11-14)9-12-4-2-1-3-5-12/h1-5,13H,6-11,15H2. The third kappa shape index (κ3) is 2.10. The highest BCUT2D eigenvalue weighted by atomic mass is 16.5. The summed E-state index contributed by atoms with van der Waals surface area (Å²) in [6, 6.07) is 11.0. The maximum absolute atomic E-state index is 6.09. The first kappa shape index (κ1) is 11.2. The molecule has 0 bridgehead atoms. The monoisotopic (exact) mass is 232 g/mol. The zero-order valence-corrected chi connectivity index (χ0v) is 10.1. The van der Waals surface area contributed by atoms with Gasteiger partial charge in [-0.2, -0.15) is 0 Å². The average molecular weight is 232 g/mol. The Morgan fingerprint density at radius 2 is 2.06 bits per heavy atom. The van der Waals surface area contributed by atoms with Gasteiger partial charge in [-0.25, -0.2) is 0 Å². The van der Waals surface area contributed by atoms with E-state index in [1.54, 1.807) is 0 Å². The molecule has 92 valence electrons. The van der Waals surface area contributed by atoms with E-state index in [4.69, 9.17) is 10.5 Å². The first-order valence-corrected chi connectivity index (χ1v) is 6.41. The minimum absolute atomic E-state index is 0.230. The van der Waals surface area contributed by atoms with Gasteiger partial charge in [-0.3, -0.25) is 4.90 Å². The maximum atomic E-state index is 6.09. The summed E-state index contributed by atoms with van der Waals surface area (Å²) in [5.41, 5.74) is 7.71. The maximum Gasteiger partial charge on any atom is 0.0696 e. The van der Waals surface area contributed by atoms with E-state index in [9.17, 15) is 0 Å². The molecule has 3 nitrogen and oxygen atoms in total. The van der Waals surface area contributed by atoms with Crippen molar-refractivity contribution in [2.45, 2.75) is 31.0 Å². The first-order chi connectivity index (χ1) is 8.28. The van der Waals surface area contributed by atoms with E-state index < -0.39 is 0 Å². The largest absolute Gasteiger partial charge is 0.377 e. The van der Waals surface area contributed by atoms with Gasteiger partial charge >= 0.3 is 0 Å². The minimum atomic E-state index is 0.230. The Kier molecular flexibility index (Phi) is 2.90. The van der Waals surface area contributed by atoms with E-state index in [0.29, 0.717) is 6.04 Å². The third-order valence-electron chi connectivity index (χ3n) is 4.04. The van der Waals surface area contributed by atoms with E-state index in [1.165, 1.54) is 5.56 Å². The lowest BCUT2D eigenvalue weighted by Crippen LogP contribution is -2.66. The number of nitrogens with two attached hydrogens (primary N) is 1. The van der Waals surface area contributed by atoms with Gasteiger partial charge in [0.15, 0.2) is 0 Å². The Morgan fingerprint density at radius 3 is 2.71 bits per heavy atom. The lowest BCUT2D eigenvalue weighted by atomic mass is 9.82. The molecule has 2 aliphatic heterocycles. The first-order valence-electron chi connectivity index (χ1n) is 6.41. The van der Waals surface area contributed by atoms with Gasteiger partial charge in [0.1, 0.15) is 0 Å². The number of piperidine rings is 1. The van der Waals surface area contributed by atoms with Gasteiger partial charge in [0.25, 0.3) is 0 Å². The lowest BCUT2D eigenvalue weighted by molar-refractivity contribution is -0.162. The van der Waals surface area contributed by atoms with Crippen molar-refractivity contribution < 1.29 is 4.74 Å². The molecule has 1 aromatic rings. The average Bonchev–Trinajstić information content (AvgIpc) is 2.31. The quantitative estimate of drug-likeness (QED) is 0.837. The summed E-state index contributed by atoms with van der Waals surface area (Å²) in [7, 11) is 0. The Labute approximate surface area is 103 Å². The molecular weight excluding hydrogens is 212 g/mol. The molecule has 1 spiro atoms. The predicted molar refractivity (Wildman–Crippen MR) is 67.6 cm³/mol. The molecule has 2 fully saturated rings. The van der Waals surface area contributed by atoms with Crippen LogP contribution in [0.15, 0.2) is 30.3 Å². The van der Waals surface area contributed by atoms with Crippen LogP contribution in [-0.4, -0.2) is 36.2 Å². The lowest BCUT2D eigenvalue weighted by Gasteiger charge is -2.54. The summed E-state index contributed by atoms with van der Waals surface area (Å²) >= 11 is 0. The summed E-state index contributed by atoms with van der Waals surface area (Å²) in [6.07, 6.45) is 2.19. The van der Waals surface area contributed by atoms with Crippen LogP contribution in [0, 0.1) is 0 Å². The van der Waals surface area contributed by atoms with Crippen molar-refractivity contribution in [3.05, 3.63) is 35.9 Å². The van der Waals surface area contributed by atoms with Gasteiger partial charge in [0, 0.05) is 19.1 Å². The van der Waals surface area contributed by atoms with Crippen molar-refractivity contribution in [1.82, 2.24) is 4.90 Å². The summed E-state index contributed by atoms with van der Waals surface area (Å²) in [5.74, 6) is 0. The second kappa shape index (κ2) is 4.41.